The summed E-state index contributed by atoms with van der Waals surface area (Å²) < 4.78 is 5.21. The van der Waals surface area contributed by atoms with Crippen LogP contribution in [0.2, 0.25) is 0 Å². The van der Waals surface area contributed by atoms with E-state index in [1.54, 1.807) is 21.0 Å². The van der Waals surface area contributed by atoms with Crippen LogP contribution in [0, 0.1) is 5.41 Å². The maximum atomic E-state index is 11.4. The highest BCUT2D eigenvalue weighted by Gasteiger charge is 2.43. The summed E-state index contributed by atoms with van der Waals surface area (Å²) >= 11 is 0. The van der Waals surface area contributed by atoms with Gasteiger partial charge in [0, 0.05) is 18.8 Å². The van der Waals surface area contributed by atoms with Crippen molar-refractivity contribution < 1.29 is 14.6 Å². The highest BCUT2D eigenvalue weighted by atomic mass is 16.5. The van der Waals surface area contributed by atoms with Gasteiger partial charge in [-0.3, -0.25) is 4.79 Å². The first kappa shape index (κ1) is 12.7. The SMILES string of the molecule is COc1ccc2c(c1)CC(C(C)(C)C(=O)O)N2C. The Balaban J connectivity index is 2.35. The van der Waals surface area contributed by atoms with Crippen LogP contribution < -0.4 is 9.64 Å². The number of rotatable bonds is 3. The van der Waals surface area contributed by atoms with Gasteiger partial charge in [-0.1, -0.05) is 0 Å². The van der Waals surface area contributed by atoms with Crippen LogP contribution in [0.25, 0.3) is 0 Å². The summed E-state index contributed by atoms with van der Waals surface area (Å²) in [6.45, 7) is 3.55. The second-order valence-electron chi connectivity index (χ2n) is 5.35. The number of anilines is 1. The average molecular weight is 249 g/mol. The molecule has 4 heteroatoms. The lowest BCUT2D eigenvalue weighted by molar-refractivity contribution is -0.148. The van der Waals surface area contributed by atoms with Crippen LogP contribution in [-0.2, 0) is 11.2 Å². The molecular formula is C14H19NO3. The lowest BCUT2D eigenvalue weighted by atomic mass is 9.82. The molecule has 0 radical (unpaired) electrons. The zero-order valence-electron chi connectivity index (χ0n) is 11.2. The van der Waals surface area contributed by atoms with Gasteiger partial charge < -0.3 is 14.7 Å². The number of fused-ring (bicyclic) bond motifs is 1. The second-order valence-corrected chi connectivity index (χ2v) is 5.35. The first-order chi connectivity index (χ1) is 8.37. The smallest absolute Gasteiger partial charge is 0.311 e. The molecule has 1 heterocycles. The molecule has 0 bridgehead atoms. The minimum absolute atomic E-state index is 0.0305. The molecule has 1 aromatic rings. The molecule has 18 heavy (non-hydrogen) atoms. The Morgan fingerprint density at radius 3 is 2.72 bits per heavy atom. The van der Waals surface area contributed by atoms with E-state index in [1.807, 2.05) is 25.2 Å². The summed E-state index contributed by atoms with van der Waals surface area (Å²) in [6.07, 6.45) is 0.738. The van der Waals surface area contributed by atoms with Crippen molar-refractivity contribution in [3.63, 3.8) is 0 Å². The molecule has 1 aliphatic rings. The Hall–Kier alpha value is -1.71. The van der Waals surface area contributed by atoms with Gasteiger partial charge in [0.15, 0.2) is 0 Å². The fourth-order valence-electron chi connectivity index (χ4n) is 2.59. The summed E-state index contributed by atoms with van der Waals surface area (Å²) in [5.74, 6) is 0.0510. The van der Waals surface area contributed by atoms with Gasteiger partial charge in [0.2, 0.25) is 0 Å². The molecule has 2 rings (SSSR count). The van der Waals surface area contributed by atoms with Gasteiger partial charge in [-0.15, -0.1) is 0 Å². The highest BCUT2D eigenvalue weighted by molar-refractivity contribution is 5.77. The predicted octanol–water partition coefficient (Wildman–Crippen LogP) is 2.17. The third-order valence-electron chi connectivity index (χ3n) is 3.93. The average Bonchev–Trinajstić information content (AvgIpc) is 2.66. The summed E-state index contributed by atoms with van der Waals surface area (Å²) in [6, 6.07) is 5.86. The van der Waals surface area contributed by atoms with Gasteiger partial charge in [0.25, 0.3) is 0 Å². The molecule has 1 aromatic carbocycles. The Morgan fingerprint density at radius 1 is 1.50 bits per heavy atom. The minimum Gasteiger partial charge on any atom is -0.497 e. The van der Waals surface area contributed by atoms with E-state index in [0.29, 0.717) is 0 Å². The maximum Gasteiger partial charge on any atom is 0.311 e. The number of carboxylic acids is 1. The highest BCUT2D eigenvalue weighted by Crippen LogP contribution is 2.40. The van der Waals surface area contributed by atoms with Gasteiger partial charge in [-0.05, 0) is 44.0 Å². The van der Waals surface area contributed by atoms with Gasteiger partial charge in [0.1, 0.15) is 5.75 Å². The zero-order valence-corrected chi connectivity index (χ0v) is 11.2. The Morgan fingerprint density at radius 2 is 2.17 bits per heavy atom. The number of carboxylic acid groups (broad SMARTS) is 1. The van der Waals surface area contributed by atoms with Crippen LogP contribution >= 0.6 is 0 Å². The quantitative estimate of drug-likeness (QED) is 0.892. The first-order valence-electron chi connectivity index (χ1n) is 6.01. The number of hydrogen-bond acceptors (Lipinski definition) is 3. The number of aliphatic carboxylic acids is 1. The molecule has 1 unspecified atom stereocenters. The zero-order chi connectivity index (χ0) is 13.5. The molecular weight excluding hydrogens is 230 g/mol. The van der Waals surface area contributed by atoms with Crippen LogP contribution in [-0.4, -0.2) is 31.3 Å². The molecule has 4 nitrogen and oxygen atoms in total. The summed E-state index contributed by atoms with van der Waals surface area (Å²) in [5.41, 5.74) is 1.47. The van der Waals surface area contributed by atoms with E-state index in [4.69, 9.17) is 4.74 Å². The summed E-state index contributed by atoms with van der Waals surface area (Å²) in [5, 5.41) is 9.35. The van der Waals surface area contributed by atoms with Gasteiger partial charge in [-0.2, -0.15) is 0 Å². The third kappa shape index (κ3) is 1.82. The van der Waals surface area contributed by atoms with Crippen molar-refractivity contribution in [3.8, 4) is 5.75 Å². The van der Waals surface area contributed by atoms with Crippen LogP contribution in [0.3, 0.4) is 0 Å². The van der Waals surface area contributed by atoms with E-state index in [2.05, 4.69) is 4.90 Å². The van der Waals surface area contributed by atoms with Gasteiger partial charge >= 0.3 is 5.97 Å². The standard InChI is InChI=1S/C14H19NO3/c1-14(2,13(16)17)12-8-9-7-10(18-4)5-6-11(9)15(12)3/h5-7,12H,8H2,1-4H3,(H,16,17). The van der Waals surface area contributed by atoms with E-state index in [-0.39, 0.29) is 6.04 Å². The largest absolute Gasteiger partial charge is 0.497 e. The Kier molecular flexibility index (Phi) is 2.97. The topological polar surface area (TPSA) is 49.8 Å². The number of hydrogen-bond donors (Lipinski definition) is 1. The molecule has 0 amide bonds. The van der Waals surface area contributed by atoms with Crippen LogP contribution in [0.5, 0.6) is 5.75 Å². The second kappa shape index (κ2) is 4.19. The van der Waals surface area contributed by atoms with Crippen molar-refractivity contribution in [1.29, 1.82) is 0 Å². The van der Waals surface area contributed by atoms with E-state index in [1.165, 1.54) is 0 Å². The fourth-order valence-corrected chi connectivity index (χ4v) is 2.59. The molecule has 0 spiro atoms. The minimum atomic E-state index is -0.777. The molecule has 1 aliphatic heterocycles. The first-order valence-corrected chi connectivity index (χ1v) is 6.01. The number of carbonyl (C=O) groups is 1. The van der Waals surface area contributed by atoms with E-state index >= 15 is 0 Å². The third-order valence-corrected chi connectivity index (χ3v) is 3.93. The molecule has 0 aromatic heterocycles. The van der Waals surface area contributed by atoms with E-state index in [9.17, 15) is 9.90 Å². The summed E-state index contributed by atoms with van der Waals surface area (Å²) in [4.78, 5) is 13.4. The van der Waals surface area contributed by atoms with Gasteiger partial charge in [0.05, 0.1) is 12.5 Å². The fraction of sp³-hybridized carbons (Fsp3) is 0.500. The normalized spacial score (nSPS) is 18.7. The number of ether oxygens (including phenoxy) is 1. The van der Waals surface area contributed by atoms with Crippen LogP contribution in [0.1, 0.15) is 19.4 Å². The van der Waals surface area contributed by atoms with Crippen molar-refractivity contribution in [1.82, 2.24) is 0 Å². The number of likely N-dealkylation sites (N-methyl/N-ethyl adjacent to an activating group) is 1. The number of nitrogens with zero attached hydrogens (tertiary/aromatic N) is 1. The molecule has 1 atom stereocenters. The molecule has 98 valence electrons. The van der Waals surface area contributed by atoms with Crippen molar-refractivity contribution in [2.24, 2.45) is 5.41 Å². The van der Waals surface area contributed by atoms with Crippen molar-refractivity contribution in [2.45, 2.75) is 26.3 Å². The molecule has 0 saturated carbocycles. The monoisotopic (exact) mass is 249 g/mol. The lowest BCUT2D eigenvalue weighted by Gasteiger charge is -2.33. The molecule has 0 saturated heterocycles. The predicted molar refractivity (Wildman–Crippen MR) is 70.3 cm³/mol. The molecule has 0 fully saturated rings. The maximum absolute atomic E-state index is 11.4. The van der Waals surface area contributed by atoms with Crippen molar-refractivity contribution >= 4 is 11.7 Å². The Bertz CT molecular complexity index is 482. The van der Waals surface area contributed by atoms with E-state index in [0.717, 1.165) is 23.4 Å². The van der Waals surface area contributed by atoms with Crippen LogP contribution in [0.15, 0.2) is 18.2 Å². The van der Waals surface area contributed by atoms with Crippen molar-refractivity contribution in [2.75, 3.05) is 19.1 Å². The van der Waals surface area contributed by atoms with E-state index < -0.39 is 11.4 Å². The molecule has 0 aliphatic carbocycles. The Labute approximate surface area is 107 Å². The number of benzene rings is 1. The summed E-state index contributed by atoms with van der Waals surface area (Å²) in [7, 11) is 3.59. The van der Waals surface area contributed by atoms with Crippen LogP contribution in [0.4, 0.5) is 5.69 Å². The number of methoxy groups -OCH3 is 1. The van der Waals surface area contributed by atoms with Crippen molar-refractivity contribution in [3.05, 3.63) is 23.8 Å². The molecule has 1 N–H and O–H groups in total. The van der Waals surface area contributed by atoms with Gasteiger partial charge in [-0.25, -0.2) is 0 Å². The lowest BCUT2D eigenvalue weighted by Crippen LogP contribution is -2.46.